The van der Waals surface area contributed by atoms with E-state index >= 15 is 0 Å². The maximum atomic E-state index is 9.31. The van der Waals surface area contributed by atoms with Crippen LogP contribution >= 0.6 is 11.3 Å². The average Bonchev–Trinajstić information content (AvgIpc) is 2.80. The van der Waals surface area contributed by atoms with Gasteiger partial charge in [-0.05, 0) is 37.1 Å². The van der Waals surface area contributed by atoms with Gasteiger partial charge in [0.05, 0.1) is 35.4 Å². The fraction of sp³-hybridized carbons (Fsp3) is 0.438. The summed E-state index contributed by atoms with van der Waals surface area (Å²) < 4.78 is 10.9. The molecule has 114 valence electrons. The smallest absolute Gasteiger partial charge is 0.119 e. The van der Waals surface area contributed by atoms with Crippen LogP contribution in [0.15, 0.2) is 18.2 Å². The number of aliphatic hydroxyl groups excluding tert-OH is 1. The lowest BCUT2D eigenvalue weighted by atomic mass is 10.1. The van der Waals surface area contributed by atoms with Gasteiger partial charge < -0.3 is 14.6 Å². The number of aromatic nitrogens is 1. The predicted octanol–water partition coefficient (Wildman–Crippen LogP) is 3.02. The second-order valence-electron chi connectivity index (χ2n) is 4.99. The van der Waals surface area contributed by atoms with Crippen molar-refractivity contribution in [1.29, 1.82) is 0 Å². The minimum Gasteiger partial charge on any atom is -0.493 e. The zero-order valence-corrected chi connectivity index (χ0v) is 13.5. The molecule has 0 aliphatic carbocycles. The summed E-state index contributed by atoms with van der Waals surface area (Å²) in [7, 11) is 1.63. The van der Waals surface area contributed by atoms with E-state index < -0.39 is 0 Å². The number of aryl methyl sites for hydroxylation is 2. The summed E-state index contributed by atoms with van der Waals surface area (Å²) in [5.74, 6) is 0.892. The van der Waals surface area contributed by atoms with Gasteiger partial charge in [-0.2, -0.15) is 0 Å². The molecule has 5 heteroatoms. The summed E-state index contributed by atoms with van der Waals surface area (Å²) in [6, 6.07) is 6.19. The molecule has 0 aliphatic heterocycles. The maximum absolute atomic E-state index is 9.31. The maximum Gasteiger partial charge on any atom is 0.119 e. The summed E-state index contributed by atoms with van der Waals surface area (Å²) in [6.07, 6.45) is 0.731. The lowest BCUT2D eigenvalue weighted by molar-refractivity contribution is 0.178. The average molecular weight is 307 g/mol. The molecule has 0 saturated carbocycles. The molecule has 0 atom stereocenters. The van der Waals surface area contributed by atoms with E-state index in [2.05, 4.69) is 24.9 Å². The van der Waals surface area contributed by atoms with Crippen LogP contribution in [0.4, 0.5) is 0 Å². The van der Waals surface area contributed by atoms with Crippen molar-refractivity contribution in [3.05, 3.63) is 44.9 Å². The first-order chi connectivity index (χ1) is 10.1. The van der Waals surface area contributed by atoms with Crippen LogP contribution < -0.4 is 4.74 Å². The van der Waals surface area contributed by atoms with Gasteiger partial charge in [0.2, 0.25) is 0 Å². The molecule has 0 amide bonds. The van der Waals surface area contributed by atoms with Crippen molar-refractivity contribution >= 4 is 11.3 Å². The van der Waals surface area contributed by atoms with Gasteiger partial charge in [0.15, 0.2) is 0 Å². The van der Waals surface area contributed by atoms with E-state index in [4.69, 9.17) is 9.47 Å². The van der Waals surface area contributed by atoms with Gasteiger partial charge >= 0.3 is 0 Å². The van der Waals surface area contributed by atoms with Crippen molar-refractivity contribution in [2.45, 2.75) is 33.5 Å². The quantitative estimate of drug-likeness (QED) is 0.854. The van der Waals surface area contributed by atoms with E-state index in [0.29, 0.717) is 13.2 Å². The molecule has 0 saturated heterocycles. The number of methoxy groups -OCH3 is 1. The highest BCUT2D eigenvalue weighted by atomic mass is 32.1. The molecular formula is C16H21NO3S. The zero-order chi connectivity index (χ0) is 15.2. The van der Waals surface area contributed by atoms with Gasteiger partial charge in [-0.15, -0.1) is 11.3 Å². The van der Waals surface area contributed by atoms with Gasteiger partial charge in [0.25, 0.3) is 0 Å². The number of hydrogen-bond acceptors (Lipinski definition) is 5. The Morgan fingerprint density at radius 3 is 2.52 bits per heavy atom. The summed E-state index contributed by atoms with van der Waals surface area (Å²) in [5, 5.41) is 10.3. The van der Waals surface area contributed by atoms with E-state index in [0.717, 1.165) is 27.7 Å². The molecule has 0 spiro atoms. The second kappa shape index (κ2) is 7.54. The Morgan fingerprint density at radius 1 is 1.19 bits per heavy atom. The van der Waals surface area contributed by atoms with Crippen LogP contribution in [0.5, 0.6) is 5.75 Å². The van der Waals surface area contributed by atoms with Crippen molar-refractivity contribution in [1.82, 2.24) is 4.98 Å². The molecule has 1 aromatic carbocycles. The summed E-state index contributed by atoms with van der Waals surface area (Å²) in [4.78, 5) is 5.36. The third-order valence-corrected chi connectivity index (χ3v) is 4.17. The lowest BCUT2D eigenvalue weighted by Crippen LogP contribution is -2.02. The van der Waals surface area contributed by atoms with E-state index in [1.807, 2.05) is 12.1 Å². The Balaban J connectivity index is 1.93. The topological polar surface area (TPSA) is 51.6 Å². The highest BCUT2D eigenvalue weighted by molar-refractivity contribution is 7.11. The third-order valence-electron chi connectivity index (χ3n) is 3.03. The predicted molar refractivity (Wildman–Crippen MR) is 83.9 cm³/mol. The minimum atomic E-state index is 0.00823. The van der Waals surface area contributed by atoms with Crippen LogP contribution in [0.3, 0.4) is 0 Å². The highest BCUT2D eigenvalue weighted by Gasteiger charge is 2.10. The van der Waals surface area contributed by atoms with Crippen molar-refractivity contribution in [2.75, 3.05) is 13.7 Å². The van der Waals surface area contributed by atoms with E-state index in [-0.39, 0.29) is 6.61 Å². The largest absolute Gasteiger partial charge is 0.493 e. The van der Waals surface area contributed by atoms with Crippen molar-refractivity contribution in [3.8, 4) is 5.75 Å². The van der Waals surface area contributed by atoms with E-state index in [9.17, 15) is 5.11 Å². The van der Waals surface area contributed by atoms with Gasteiger partial charge in [-0.1, -0.05) is 6.07 Å². The monoisotopic (exact) mass is 307 g/mol. The summed E-state index contributed by atoms with van der Waals surface area (Å²) in [5.41, 5.74) is 3.22. The SMILES string of the molecule is COCc1nc(CCOc2cc(C)cc(C)c2)sc1CO. The molecule has 1 aromatic heterocycles. The highest BCUT2D eigenvalue weighted by Crippen LogP contribution is 2.21. The van der Waals surface area contributed by atoms with Crippen LogP contribution in [-0.2, 0) is 24.4 Å². The van der Waals surface area contributed by atoms with Gasteiger partial charge in [-0.3, -0.25) is 0 Å². The molecule has 4 nitrogen and oxygen atoms in total. The number of rotatable bonds is 7. The number of ether oxygens (including phenoxy) is 2. The first-order valence-electron chi connectivity index (χ1n) is 6.90. The lowest BCUT2D eigenvalue weighted by Gasteiger charge is -2.07. The number of benzene rings is 1. The van der Waals surface area contributed by atoms with Crippen LogP contribution in [0, 0.1) is 13.8 Å². The molecule has 0 bridgehead atoms. The van der Waals surface area contributed by atoms with Crippen LogP contribution in [-0.4, -0.2) is 23.8 Å². The molecule has 1 N–H and O–H groups in total. The molecule has 0 radical (unpaired) electrons. The van der Waals surface area contributed by atoms with Crippen LogP contribution in [0.25, 0.3) is 0 Å². The van der Waals surface area contributed by atoms with E-state index in [1.165, 1.54) is 22.5 Å². The summed E-state index contributed by atoms with van der Waals surface area (Å²) in [6.45, 7) is 5.14. The fourth-order valence-corrected chi connectivity index (χ4v) is 3.10. The molecule has 0 fully saturated rings. The summed E-state index contributed by atoms with van der Waals surface area (Å²) >= 11 is 1.52. The number of thiazole rings is 1. The molecule has 0 aliphatic rings. The standard InChI is InChI=1S/C16H21NO3S/c1-11-6-12(2)8-13(7-11)20-5-4-16-17-14(10-19-3)15(9-18)21-16/h6-8,18H,4-5,9-10H2,1-3H3. The third kappa shape index (κ3) is 4.52. The van der Waals surface area contributed by atoms with E-state index in [1.54, 1.807) is 7.11 Å². The normalized spacial score (nSPS) is 10.9. The van der Waals surface area contributed by atoms with Crippen molar-refractivity contribution in [3.63, 3.8) is 0 Å². The van der Waals surface area contributed by atoms with Crippen LogP contribution in [0.2, 0.25) is 0 Å². The van der Waals surface area contributed by atoms with Gasteiger partial charge in [-0.25, -0.2) is 4.98 Å². The number of aliphatic hydroxyl groups is 1. The Morgan fingerprint density at radius 2 is 1.90 bits per heavy atom. The Kier molecular flexibility index (Phi) is 5.73. The van der Waals surface area contributed by atoms with Gasteiger partial charge in [0, 0.05) is 13.5 Å². The molecular weight excluding hydrogens is 286 g/mol. The Hall–Kier alpha value is -1.43. The molecule has 21 heavy (non-hydrogen) atoms. The zero-order valence-electron chi connectivity index (χ0n) is 12.7. The minimum absolute atomic E-state index is 0.00823. The van der Waals surface area contributed by atoms with Crippen molar-refractivity contribution in [2.24, 2.45) is 0 Å². The first-order valence-corrected chi connectivity index (χ1v) is 7.72. The number of hydrogen-bond donors (Lipinski definition) is 1. The van der Waals surface area contributed by atoms with Gasteiger partial charge in [0.1, 0.15) is 5.75 Å². The fourth-order valence-electron chi connectivity index (χ4n) is 2.19. The molecule has 0 unspecified atom stereocenters. The molecule has 1 heterocycles. The Labute approximate surface area is 129 Å². The molecule has 2 aromatic rings. The molecule has 2 rings (SSSR count). The first kappa shape index (κ1) is 15.9. The van der Waals surface area contributed by atoms with Crippen LogP contribution in [0.1, 0.15) is 26.7 Å². The Bertz CT molecular complexity index is 575. The second-order valence-corrected chi connectivity index (χ2v) is 6.16. The number of nitrogens with zero attached hydrogens (tertiary/aromatic N) is 1. The van der Waals surface area contributed by atoms with Crippen molar-refractivity contribution < 1.29 is 14.6 Å².